The fourth-order valence-electron chi connectivity index (χ4n) is 1.78. The zero-order valence-corrected chi connectivity index (χ0v) is 14.1. The highest BCUT2D eigenvalue weighted by atomic mass is 32.2. The molecule has 5 N–H and O–H groups in total. The van der Waals surface area contributed by atoms with E-state index in [1.807, 2.05) is 0 Å². The summed E-state index contributed by atoms with van der Waals surface area (Å²) in [6.07, 6.45) is 0. The minimum Gasteiger partial charge on any atom is -0.371 e. The van der Waals surface area contributed by atoms with E-state index in [1.54, 1.807) is 0 Å². The van der Waals surface area contributed by atoms with E-state index in [-0.39, 0.29) is 22.7 Å². The predicted octanol–water partition coefficient (Wildman–Crippen LogP) is 0.103. The highest BCUT2D eigenvalue weighted by Crippen LogP contribution is 2.22. The molecule has 2 aromatic rings. The van der Waals surface area contributed by atoms with Crippen LogP contribution in [0.2, 0.25) is 0 Å². The topological polar surface area (TPSA) is 168 Å². The number of carbonyl (C=O) groups excluding carboxylic acids is 1. The van der Waals surface area contributed by atoms with Crippen molar-refractivity contribution in [1.29, 1.82) is 0 Å². The number of hydrogen-bond acceptors (Lipinski definition) is 7. The van der Waals surface area contributed by atoms with Crippen LogP contribution >= 0.6 is 0 Å². The fourth-order valence-corrected chi connectivity index (χ4v) is 2.55. The summed E-state index contributed by atoms with van der Waals surface area (Å²) in [5.74, 6) is -0.950. The van der Waals surface area contributed by atoms with E-state index in [2.05, 4.69) is 13.7 Å². The summed E-state index contributed by atoms with van der Waals surface area (Å²) in [5, 5.41) is 12.0. The van der Waals surface area contributed by atoms with Crippen LogP contribution in [-0.4, -0.2) is 22.7 Å². The standard InChI is InChI=1S/C13H13N3O7S2/c14-24(18,19)22-10-7-5-9(6-8-10)16-13(17)11-3-1-2-4-12(11)23-25(15,20)21/h1-8H,(H,16,17)(H2,14,18,19)(H2,15,20,21). The molecule has 134 valence electrons. The third-order valence-corrected chi connectivity index (χ3v) is 3.50. The van der Waals surface area contributed by atoms with Crippen LogP contribution in [0.3, 0.4) is 0 Å². The summed E-state index contributed by atoms with van der Waals surface area (Å²) < 4.78 is 52.7. The van der Waals surface area contributed by atoms with Crippen LogP contribution in [0.15, 0.2) is 48.5 Å². The summed E-state index contributed by atoms with van der Waals surface area (Å²) in [4.78, 5) is 12.3. The van der Waals surface area contributed by atoms with E-state index in [9.17, 15) is 21.6 Å². The number of nitrogens with two attached hydrogens (primary N) is 2. The highest BCUT2D eigenvalue weighted by molar-refractivity contribution is 7.85. The van der Waals surface area contributed by atoms with Crippen molar-refractivity contribution in [3.8, 4) is 11.5 Å². The van der Waals surface area contributed by atoms with Crippen LogP contribution in [0.4, 0.5) is 5.69 Å². The second-order valence-corrected chi connectivity index (χ2v) is 6.93. The van der Waals surface area contributed by atoms with Gasteiger partial charge in [-0.25, -0.2) is 0 Å². The van der Waals surface area contributed by atoms with Gasteiger partial charge < -0.3 is 13.7 Å². The molecule has 0 aliphatic carbocycles. The van der Waals surface area contributed by atoms with E-state index in [4.69, 9.17) is 10.3 Å². The summed E-state index contributed by atoms with van der Waals surface area (Å²) in [7, 11) is -8.45. The normalized spacial score (nSPS) is 11.6. The number of benzene rings is 2. The lowest BCUT2D eigenvalue weighted by Gasteiger charge is -2.10. The molecule has 0 radical (unpaired) electrons. The molecule has 0 atom stereocenters. The summed E-state index contributed by atoms with van der Waals surface area (Å²) >= 11 is 0. The number of anilines is 1. The van der Waals surface area contributed by atoms with Gasteiger partial charge in [0.2, 0.25) is 0 Å². The SMILES string of the molecule is NS(=O)(=O)Oc1ccc(NC(=O)c2ccccc2OS(N)(=O)=O)cc1. The lowest BCUT2D eigenvalue weighted by molar-refractivity contribution is 0.102. The maximum absolute atomic E-state index is 12.3. The van der Waals surface area contributed by atoms with Crippen LogP contribution in [0.25, 0.3) is 0 Å². The van der Waals surface area contributed by atoms with E-state index in [0.717, 1.165) is 0 Å². The van der Waals surface area contributed by atoms with Crippen molar-refractivity contribution in [2.45, 2.75) is 0 Å². The number of hydrogen-bond donors (Lipinski definition) is 3. The minimum atomic E-state index is -4.29. The molecule has 12 heteroatoms. The van der Waals surface area contributed by atoms with E-state index in [0.29, 0.717) is 0 Å². The van der Waals surface area contributed by atoms with Gasteiger partial charge in [-0.2, -0.15) is 27.1 Å². The molecule has 0 saturated heterocycles. The van der Waals surface area contributed by atoms with Gasteiger partial charge in [-0.3, -0.25) is 4.79 Å². The Morgan fingerprint density at radius 3 is 1.96 bits per heavy atom. The van der Waals surface area contributed by atoms with Crippen molar-refractivity contribution in [2.75, 3.05) is 5.32 Å². The molecule has 2 aromatic carbocycles. The Morgan fingerprint density at radius 2 is 1.40 bits per heavy atom. The van der Waals surface area contributed by atoms with Gasteiger partial charge in [-0.1, -0.05) is 12.1 Å². The van der Waals surface area contributed by atoms with Crippen molar-refractivity contribution in [3.05, 3.63) is 54.1 Å². The Hall–Kier alpha value is -2.67. The lowest BCUT2D eigenvalue weighted by Crippen LogP contribution is -2.21. The zero-order valence-electron chi connectivity index (χ0n) is 12.4. The lowest BCUT2D eigenvalue weighted by atomic mass is 10.2. The first-order valence-electron chi connectivity index (χ1n) is 6.48. The van der Waals surface area contributed by atoms with E-state index >= 15 is 0 Å². The smallest absolute Gasteiger partial charge is 0.371 e. The molecule has 0 aromatic heterocycles. The number of carbonyl (C=O) groups is 1. The predicted molar refractivity (Wildman–Crippen MR) is 88.3 cm³/mol. The van der Waals surface area contributed by atoms with Crippen molar-refractivity contribution in [3.63, 3.8) is 0 Å². The average molecular weight is 387 g/mol. The monoisotopic (exact) mass is 387 g/mol. The van der Waals surface area contributed by atoms with Crippen LogP contribution in [0, 0.1) is 0 Å². The zero-order chi connectivity index (χ0) is 18.7. The van der Waals surface area contributed by atoms with Crippen LogP contribution < -0.4 is 24.0 Å². The van der Waals surface area contributed by atoms with Crippen molar-refractivity contribution in [2.24, 2.45) is 10.3 Å². The minimum absolute atomic E-state index is 0.0431. The molecule has 25 heavy (non-hydrogen) atoms. The van der Waals surface area contributed by atoms with Crippen molar-refractivity contribution < 1.29 is 30.0 Å². The third kappa shape index (κ3) is 6.04. The maximum atomic E-state index is 12.3. The molecule has 0 bridgehead atoms. The van der Waals surface area contributed by atoms with Gasteiger partial charge >= 0.3 is 20.6 Å². The number of nitrogens with one attached hydrogen (secondary N) is 1. The van der Waals surface area contributed by atoms with Crippen molar-refractivity contribution >= 4 is 32.2 Å². The molecule has 0 heterocycles. The first-order chi connectivity index (χ1) is 11.5. The largest absolute Gasteiger partial charge is 0.380 e. The first kappa shape index (κ1) is 18.7. The third-order valence-electron chi connectivity index (χ3n) is 2.66. The molecule has 0 fully saturated rings. The van der Waals surface area contributed by atoms with Gasteiger partial charge in [0.05, 0.1) is 5.56 Å². The van der Waals surface area contributed by atoms with Gasteiger partial charge in [-0.05, 0) is 36.4 Å². The second-order valence-electron chi connectivity index (χ2n) is 4.63. The average Bonchev–Trinajstić information content (AvgIpc) is 2.46. The highest BCUT2D eigenvalue weighted by Gasteiger charge is 2.16. The molecular formula is C13H13N3O7S2. The van der Waals surface area contributed by atoms with Crippen LogP contribution in [0.5, 0.6) is 11.5 Å². The number of rotatable bonds is 6. The van der Waals surface area contributed by atoms with Gasteiger partial charge in [0.25, 0.3) is 5.91 Å². The molecular weight excluding hydrogens is 374 g/mol. The molecule has 0 saturated carbocycles. The Bertz CT molecular complexity index is 987. The van der Waals surface area contributed by atoms with E-state index in [1.165, 1.54) is 48.5 Å². The maximum Gasteiger partial charge on any atom is 0.380 e. The van der Waals surface area contributed by atoms with Crippen LogP contribution in [-0.2, 0) is 20.6 Å². The molecule has 0 spiro atoms. The van der Waals surface area contributed by atoms with Gasteiger partial charge in [0.1, 0.15) is 5.75 Å². The molecule has 1 amide bonds. The number of para-hydroxylation sites is 1. The summed E-state index contributed by atoms with van der Waals surface area (Å²) in [5.41, 5.74) is 0.221. The Kier molecular flexibility index (Phi) is 5.27. The molecule has 0 unspecified atom stereocenters. The van der Waals surface area contributed by atoms with Gasteiger partial charge in [-0.15, -0.1) is 0 Å². The van der Waals surface area contributed by atoms with Gasteiger partial charge in [0.15, 0.2) is 5.75 Å². The second kappa shape index (κ2) is 7.06. The summed E-state index contributed by atoms with van der Waals surface area (Å²) in [6, 6.07) is 10.9. The Morgan fingerprint density at radius 1 is 0.840 bits per heavy atom. The Labute approximate surface area is 143 Å². The fraction of sp³-hybridized carbons (Fsp3) is 0. The van der Waals surface area contributed by atoms with E-state index < -0.39 is 26.5 Å². The molecule has 0 aliphatic heterocycles. The quantitative estimate of drug-likeness (QED) is 0.631. The first-order valence-corrected chi connectivity index (χ1v) is 9.43. The van der Waals surface area contributed by atoms with Crippen molar-refractivity contribution in [1.82, 2.24) is 0 Å². The molecule has 2 rings (SSSR count). The van der Waals surface area contributed by atoms with Gasteiger partial charge in [0, 0.05) is 5.69 Å². The molecule has 10 nitrogen and oxygen atoms in total. The number of amides is 1. The summed E-state index contributed by atoms with van der Waals surface area (Å²) in [6.45, 7) is 0. The Balaban J connectivity index is 2.18. The van der Waals surface area contributed by atoms with Crippen LogP contribution in [0.1, 0.15) is 10.4 Å². The molecule has 0 aliphatic rings.